The van der Waals surface area contributed by atoms with Gasteiger partial charge in [-0.1, -0.05) is 41.9 Å². The summed E-state index contributed by atoms with van der Waals surface area (Å²) in [6, 6.07) is 11.7. The van der Waals surface area contributed by atoms with Crippen molar-refractivity contribution >= 4 is 21.6 Å². The molecule has 0 amide bonds. The highest BCUT2D eigenvalue weighted by atomic mass is 35.5. The van der Waals surface area contributed by atoms with E-state index in [2.05, 4.69) is 9.71 Å². The fourth-order valence-electron chi connectivity index (χ4n) is 1.91. The van der Waals surface area contributed by atoms with Gasteiger partial charge in [-0.05, 0) is 24.6 Å². The van der Waals surface area contributed by atoms with E-state index in [-0.39, 0.29) is 10.0 Å². The van der Waals surface area contributed by atoms with Crippen molar-refractivity contribution in [2.45, 2.75) is 17.4 Å². The molecule has 2 N–H and O–H groups in total. The Hall–Kier alpha value is -1.47. The average molecular weight is 327 g/mol. The molecule has 1 unspecified atom stereocenters. The van der Waals surface area contributed by atoms with Crippen LogP contribution < -0.4 is 4.72 Å². The molecule has 1 aromatic heterocycles. The molecule has 1 aromatic carbocycles. The maximum absolute atomic E-state index is 12.5. The second-order valence-corrected chi connectivity index (χ2v) is 6.76. The summed E-state index contributed by atoms with van der Waals surface area (Å²) in [5.74, 6) is 0. The summed E-state index contributed by atoms with van der Waals surface area (Å²) in [6.07, 6.45) is 1.41. The molecule has 0 aliphatic heterocycles. The zero-order valence-corrected chi connectivity index (χ0v) is 12.9. The van der Waals surface area contributed by atoms with E-state index in [1.807, 2.05) is 6.07 Å². The molecular weight excluding hydrogens is 312 g/mol. The summed E-state index contributed by atoms with van der Waals surface area (Å²) in [6.45, 7) is 1.21. The molecule has 0 bridgehead atoms. The maximum Gasteiger partial charge on any atom is 0.244 e. The number of benzene rings is 1. The van der Waals surface area contributed by atoms with Crippen LogP contribution in [0.4, 0.5) is 0 Å². The van der Waals surface area contributed by atoms with Gasteiger partial charge < -0.3 is 5.11 Å². The molecule has 1 atom stereocenters. The smallest absolute Gasteiger partial charge is 0.244 e. The Morgan fingerprint density at radius 1 is 1.24 bits per heavy atom. The van der Waals surface area contributed by atoms with E-state index < -0.39 is 22.2 Å². The van der Waals surface area contributed by atoms with E-state index >= 15 is 0 Å². The Labute approximate surface area is 128 Å². The zero-order valence-electron chi connectivity index (χ0n) is 11.3. The number of rotatable bonds is 5. The number of aliphatic hydroxyl groups is 1. The fourth-order valence-corrected chi connectivity index (χ4v) is 3.75. The molecule has 0 saturated carbocycles. The van der Waals surface area contributed by atoms with Crippen LogP contribution in [-0.4, -0.2) is 25.1 Å². The quantitative estimate of drug-likeness (QED) is 0.823. The molecule has 0 aliphatic rings. The van der Waals surface area contributed by atoms with Crippen molar-refractivity contribution in [1.29, 1.82) is 0 Å². The lowest BCUT2D eigenvalue weighted by Gasteiger charge is -2.29. The molecule has 0 spiro atoms. The van der Waals surface area contributed by atoms with Gasteiger partial charge in [0.25, 0.3) is 0 Å². The highest BCUT2D eigenvalue weighted by molar-refractivity contribution is 7.89. The van der Waals surface area contributed by atoms with Crippen molar-refractivity contribution in [3.63, 3.8) is 0 Å². The summed E-state index contributed by atoms with van der Waals surface area (Å²) in [7, 11) is -3.91. The van der Waals surface area contributed by atoms with Gasteiger partial charge in [-0.3, -0.25) is 0 Å². The Bertz CT molecular complexity index is 722. The molecule has 0 radical (unpaired) electrons. The van der Waals surface area contributed by atoms with Gasteiger partial charge in [-0.25, -0.2) is 13.4 Å². The van der Waals surface area contributed by atoms with Gasteiger partial charge in [0.15, 0.2) is 0 Å². The molecule has 0 fully saturated rings. The minimum atomic E-state index is -3.91. The topological polar surface area (TPSA) is 79.3 Å². The second-order valence-electron chi connectivity index (χ2n) is 4.75. The molecule has 1 heterocycles. The maximum atomic E-state index is 12.5. The zero-order chi connectivity index (χ0) is 15.5. The third-order valence-corrected chi connectivity index (χ3v) is 5.14. The van der Waals surface area contributed by atoms with E-state index in [9.17, 15) is 13.5 Å². The summed E-state index contributed by atoms with van der Waals surface area (Å²) >= 11 is 5.83. The van der Waals surface area contributed by atoms with Crippen LogP contribution in [0.1, 0.15) is 12.5 Å². The first kappa shape index (κ1) is 15.9. The van der Waals surface area contributed by atoms with Crippen molar-refractivity contribution in [2.75, 3.05) is 6.61 Å². The SMILES string of the molecule is CC(CO)(NS(=O)(=O)c1cccnc1Cl)c1ccccc1. The Morgan fingerprint density at radius 3 is 2.48 bits per heavy atom. The lowest BCUT2D eigenvalue weighted by Crippen LogP contribution is -2.46. The van der Waals surface area contributed by atoms with Crippen molar-refractivity contribution in [2.24, 2.45) is 0 Å². The highest BCUT2D eigenvalue weighted by Gasteiger charge is 2.32. The molecule has 2 aromatic rings. The fraction of sp³-hybridized carbons (Fsp3) is 0.214. The van der Waals surface area contributed by atoms with Gasteiger partial charge in [-0.15, -0.1) is 0 Å². The van der Waals surface area contributed by atoms with Gasteiger partial charge >= 0.3 is 0 Å². The van der Waals surface area contributed by atoms with Crippen molar-refractivity contribution in [3.05, 3.63) is 59.4 Å². The minimum absolute atomic E-state index is 0.113. The molecule has 21 heavy (non-hydrogen) atoms. The van der Waals surface area contributed by atoms with Crippen molar-refractivity contribution in [1.82, 2.24) is 9.71 Å². The molecule has 7 heteroatoms. The average Bonchev–Trinajstić information content (AvgIpc) is 2.48. The number of hydrogen-bond donors (Lipinski definition) is 2. The van der Waals surface area contributed by atoms with Crippen molar-refractivity contribution < 1.29 is 13.5 Å². The van der Waals surface area contributed by atoms with Crippen molar-refractivity contribution in [3.8, 4) is 0 Å². The third kappa shape index (κ3) is 3.41. The monoisotopic (exact) mass is 326 g/mol. The summed E-state index contributed by atoms with van der Waals surface area (Å²) in [5, 5.41) is 9.53. The van der Waals surface area contributed by atoms with E-state index in [1.54, 1.807) is 31.2 Å². The first-order chi connectivity index (χ1) is 9.89. The van der Waals surface area contributed by atoms with Crippen LogP contribution in [0.5, 0.6) is 0 Å². The van der Waals surface area contributed by atoms with Gasteiger partial charge in [0, 0.05) is 6.20 Å². The molecule has 5 nitrogen and oxygen atoms in total. The molecule has 0 saturated heterocycles. The number of sulfonamides is 1. The van der Waals surface area contributed by atoms with E-state index in [1.165, 1.54) is 18.3 Å². The third-order valence-electron chi connectivity index (χ3n) is 3.10. The normalized spacial score (nSPS) is 14.6. The molecule has 112 valence electrons. The van der Waals surface area contributed by atoms with Crippen LogP contribution >= 0.6 is 11.6 Å². The summed E-state index contributed by atoms with van der Waals surface area (Å²) in [5.41, 5.74) is -0.504. The number of halogens is 1. The van der Waals surface area contributed by atoms with E-state index in [0.717, 1.165) is 0 Å². The lowest BCUT2D eigenvalue weighted by atomic mass is 9.94. The number of aliphatic hydroxyl groups excluding tert-OH is 1. The van der Waals surface area contributed by atoms with Crippen LogP contribution in [0.15, 0.2) is 53.6 Å². The van der Waals surface area contributed by atoms with E-state index in [0.29, 0.717) is 5.56 Å². The van der Waals surface area contributed by atoms with Gasteiger partial charge in [0.05, 0.1) is 12.1 Å². The first-order valence-corrected chi connectivity index (χ1v) is 8.06. The summed E-state index contributed by atoms with van der Waals surface area (Å²) < 4.78 is 27.4. The second kappa shape index (κ2) is 6.11. The lowest BCUT2D eigenvalue weighted by molar-refractivity contribution is 0.196. The van der Waals surface area contributed by atoms with Crippen LogP contribution in [-0.2, 0) is 15.6 Å². The standard InChI is InChI=1S/C14H15ClN2O3S/c1-14(10-18,11-6-3-2-4-7-11)17-21(19,20)12-8-5-9-16-13(12)15/h2-9,17-18H,10H2,1H3. The summed E-state index contributed by atoms with van der Waals surface area (Å²) in [4.78, 5) is 3.63. The highest BCUT2D eigenvalue weighted by Crippen LogP contribution is 2.25. The number of nitrogens with zero attached hydrogens (tertiary/aromatic N) is 1. The molecule has 2 rings (SSSR count). The van der Waals surface area contributed by atoms with E-state index in [4.69, 9.17) is 11.6 Å². The number of nitrogens with one attached hydrogen (secondary N) is 1. The van der Waals surface area contributed by atoms with Crippen LogP contribution in [0.2, 0.25) is 5.15 Å². The van der Waals surface area contributed by atoms with Gasteiger partial charge in [-0.2, -0.15) is 4.72 Å². The Morgan fingerprint density at radius 2 is 1.90 bits per heavy atom. The first-order valence-electron chi connectivity index (χ1n) is 6.20. The van der Waals surface area contributed by atoms with Gasteiger partial charge in [0.1, 0.15) is 10.0 Å². The number of pyridine rings is 1. The van der Waals surface area contributed by atoms with Crippen LogP contribution in [0, 0.1) is 0 Å². The van der Waals surface area contributed by atoms with Crippen LogP contribution in [0.3, 0.4) is 0 Å². The Kier molecular flexibility index (Phi) is 4.63. The molecule has 0 aliphatic carbocycles. The Balaban J connectivity index is 2.41. The minimum Gasteiger partial charge on any atom is -0.394 e. The molecular formula is C14H15ClN2O3S. The predicted octanol–water partition coefficient (Wildman–Crippen LogP) is 1.92. The largest absolute Gasteiger partial charge is 0.394 e. The number of hydrogen-bond acceptors (Lipinski definition) is 4. The predicted molar refractivity (Wildman–Crippen MR) is 80.4 cm³/mol. The van der Waals surface area contributed by atoms with Gasteiger partial charge in [0.2, 0.25) is 10.0 Å². The van der Waals surface area contributed by atoms with Crippen LogP contribution in [0.25, 0.3) is 0 Å². The number of aromatic nitrogens is 1.